The van der Waals surface area contributed by atoms with Crippen LogP contribution < -0.4 is 0 Å². The summed E-state index contributed by atoms with van der Waals surface area (Å²) in [6, 6.07) is 12.4. The number of aryl methyl sites for hydroxylation is 1. The van der Waals surface area contributed by atoms with Crippen molar-refractivity contribution in [3.8, 4) is 0 Å². The van der Waals surface area contributed by atoms with E-state index in [9.17, 15) is 5.11 Å². The smallest absolute Gasteiger partial charge is 0.0992 e. The van der Waals surface area contributed by atoms with Crippen LogP contribution in [0.25, 0.3) is 0 Å². The Balaban J connectivity index is 2.05. The van der Waals surface area contributed by atoms with Crippen LogP contribution in [0.4, 0.5) is 0 Å². The van der Waals surface area contributed by atoms with Gasteiger partial charge in [-0.05, 0) is 36.1 Å². The lowest BCUT2D eigenvalue weighted by Gasteiger charge is -2.11. The number of hydrogen-bond acceptors (Lipinski definition) is 3. The van der Waals surface area contributed by atoms with Crippen molar-refractivity contribution >= 4 is 11.8 Å². The summed E-state index contributed by atoms with van der Waals surface area (Å²) in [6.07, 6.45) is 2.10. The Bertz CT molecular complexity index is 528. The van der Waals surface area contributed by atoms with E-state index < -0.39 is 6.10 Å². The molecule has 0 bridgehead atoms. The van der Waals surface area contributed by atoms with Gasteiger partial charge in [0.05, 0.1) is 11.1 Å². The van der Waals surface area contributed by atoms with Crippen molar-refractivity contribution in [3.63, 3.8) is 0 Å². The van der Waals surface area contributed by atoms with Crippen molar-refractivity contribution in [2.75, 3.05) is 0 Å². The first-order valence-electron chi connectivity index (χ1n) is 6.52. The van der Waals surface area contributed by atoms with Gasteiger partial charge in [0, 0.05) is 11.9 Å². The Morgan fingerprint density at radius 3 is 2.63 bits per heavy atom. The van der Waals surface area contributed by atoms with Crippen LogP contribution in [0.3, 0.4) is 0 Å². The summed E-state index contributed by atoms with van der Waals surface area (Å²) < 4.78 is 0. The molecule has 3 heteroatoms. The van der Waals surface area contributed by atoms with Crippen LogP contribution in [0, 0.1) is 6.92 Å². The monoisotopic (exact) mass is 273 g/mol. The molecule has 0 aliphatic rings. The summed E-state index contributed by atoms with van der Waals surface area (Å²) in [6.45, 7) is 4.02. The van der Waals surface area contributed by atoms with Crippen LogP contribution in [0.5, 0.6) is 0 Å². The predicted octanol–water partition coefficient (Wildman–Crippen LogP) is 4.13. The van der Waals surface area contributed by atoms with E-state index in [1.165, 1.54) is 5.56 Å². The molecule has 0 aliphatic carbocycles. The Morgan fingerprint density at radius 2 is 2.00 bits per heavy atom. The van der Waals surface area contributed by atoms with Crippen molar-refractivity contribution in [1.82, 2.24) is 4.98 Å². The number of hydrogen-bond donors (Lipinski definition) is 1. The molecule has 0 spiro atoms. The third-order valence-electron chi connectivity index (χ3n) is 3.04. The van der Waals surface area contributed by atoms with E-state index in [4.69, 9.17) is 0 Å². The second kappa shape index (κ2) is 6.73. The molecular formula is C16H19NOS. The number of aliphatic hydroxyl groups excluding tert-OH is 1. The maximum Gasteiger partial charge on any atom is 0.0992 e. The molecular weight excluding hydrogens is 254 g/mol. The number of pyridine rings is 1. The zero-order valence-corrected chi connectivity index (χ0v) is 12.2. The van der Waals surface area contributed by atoms with Crippen molar-refractivity contribution in [2.45, 2.75) is 37.2 Å². The molecule has 1 heterocycles. The zero-order chi connectivity index (χ0) is 13.7. The van der Waals surface area contributed by atoms with Gasteiger partial charge in [-0.2, -0.15) is 0 Å². The average Bonchev–Trinajstić information content (AvgIpc) is 2.46. The van der Waals surface area contributed by atoms with Crippen molar-refractivity contribution < 1.29 is 5.11 Å². The maximum absolute atomic E-state index is 9.81. The van der Waals surface area contributed by atoms with Crippen LogP contribution in [0.2, 0.25) is 0 Å². The molecule has 19 heavy (non-hydrogen) atoms. The van der Waals surface area contributed by atoms with Crippen molar-refractivity contribution in [1.29, 1.82) is 0 Å². The minimum absolute atomic E-state index is 0.403. The highest BCUT2D eigenvalue weighted by Gasteiger charge is 2.08. The van der Waals surface area contributed by atoms with Gasteiger partial charge in [-0.1, -0.05) is 37.3 Å². The number of aromatic nitrogens is 1. The molecule has 0 saturated heterocycles. The fraction of sp³-hybridized carbons (Fsp3) is 0.312. The second-order valence-electron chi connectivity index (χ2n) is 4.59. The molecule has 100 valence electrons. The second-order valence-corrected chi connectivity index (χ2v) is 5.55. The SMILES string of the molecule is CC[C@H](O)c1cnc(SCc2ccccc2)c(C)c1. The number of rotatable bonds is 5. The third-order valence-corrected chi connectivity index (χ3v) is 4.22. The maximum atomic E-state index is 9.81. The highest BCUT2D eigenvalue weighted by molar-refractivity contribution is 7.98. The molecule has 0 saturated carbocycles. The summed E-state index contributed by atoms with van der Waals surface area (Å²) in [5, 5.41) is 10.8. The first-order valence-corrected chi connectivity index (χ1v) is 7.50. The zero-order valence-electron chi connectivity index (χ0n) is 11.3. The van der Waals surface area contributed by atoms with Crippen molar-refractivity contribution in [3.05, 3.63) is 59.3 Å². The lowest BCUT2D eigenvalue weighted by molar-refractivity contribution is 0.173. The highest BCUT2D eigenvalue weighted by atomic mass is 32.2. The van der Waals surface area contributed by atoms with Crippen LogP contribution in [-0.2, 0) is 5.75 Å². The van der Waals surface area contributed by atoms with Gasteiger partial charge in [-0.15, -0.1) is 11.8 Å². The average molecular weight is 273 g/mol. The molecule has 2 nitrogen and oxygen atoms in total. The molecule has 1 atom stereocenters. The van der Waals surface area contributed by atoms with Crippen molar-refractivity contribution in [2.24, 2.45) is 0 Å². The first-order chi connectivity index (χ1) is 9.20. The van der Waals surface area contributed by atoms with Gasteiger partial charge in [0.1, 0.15) is 0 Å². The van der Waals surface area contributed by atoms with Gasteiger partial charge < -0.3 is 5.11 Å². The molecule has 1 aromatic heterocycles. The van der Waals surface area contributed by atoms with Crippen LogP contribution >= 0.6 is 11.8 Å². The number of thioether (sulfide) groups is 1. The van der Waals surface area contributed by atoms with Gasteiger partial charge >= 0.3 is 0 Å². The lowest BCUT2D eigenvalue weighted by Crippen LogP contribution is -1.98. The Hall–Kier alpha value is -1.32. The fourth-order valence-corrected chi connectivity index (χ4v) is 2.79. The molecule has 0 aliphatic heterocycles. The molecule has 0 fully saturated rings. The minimum atomic E-state index is -0.403. The molecule has 1 aromatic carbocycles. The van der Waals surface area contributed by atoms with Gasteiger partial charge in [-0.3, -0.25) is 0 Å². The van der Waals surface area contributed by atoms with Gasteiger partial charge in [0.15, 0.2) is 0 Å². The number of nitrogens with zero attached hydrogens (tertiary/aromatic N) is 1. The molecule has 2 rings (SSSR count). The molecule has 1 N–H and O–H groups in total. The van der Waals surface area contributed by atoms with E-state index in [1.54, 1.807) is 18.0 Å². The van der Waals surface area contributed by atoms with Crippen LogP contribution in [0.1, 0.15) is 36.1 Å². The van der Waals surface area contributed by atoms with E-state index in [1.807, 2.05) is 26.0 Å². The summed E-state index contributed by atoms with van der Waals surface area (Å²) in [5.74, 6) is 0.921. The summed E-state index contributed by atoms with van der Waals surface area (Å²) in [7, 11) is 0. The van der Waals surface area contributed by atoms with Gasteiger partial charge in [0.25, 0.3) is 0 Å². The Kier molecular flexibility index (Phi) is 5.00. The quantitative estimate of drug-likeness (QED) is 0.832. The molecule has 0 radical (unpaired) electrons. The van der Waals surface area contributed by atoms with Gasteiger partial charge in [0.2, 0.25) is 0 Å². The molecule has 2 aromatic rings. The van der Waals surface area contributed by atoms with Gasteiger partial charge in [-0.25, -0.2) is 4.98 Å². The Morgan fingerprint density at radius 1 is 1.26 bits per heavy atom. The fourth-order valence-electron chi connectivity index (χ4n) is 1.88. The molecule has 0 amide bonds. The van der Waals surface area contributed by atoms with E-state index >= 15 is 0 Å². The predicted molar refractivity (Wildman–Crippen MR) is 80.2 cm³/mol. The Labute approximate surface area is 118 Å². The number of benzene rings is 1. The van der Waals surface area contributed by atoms with Crippen LogP contribution in [-0.4, -0.2) is 10.1 Å². The minimum Gasteiger partial charge on any atom is -0.388 e. The standard InChI is InChI=1S/C16H19NOS/c1-3-15(18)14-9-12(2)16(17-10-14)19-11-13-7-5-4-6-8-13/h4-10,15,18H,3,11H2,1-2H3/t15-/m0/s1. The summed E-state index contributed by atoms with van der Waals surface area (Å²) >= 11 is 1.74. The summed E-state index contributed by atoms with van der Waals surface area (Å²) in [5.41, 5.74) is 3.33. The highest BCUT2D eigenvalue weighted by Crippen LogP contribution is 2.26. The topological polar surface area (TPSA) is 33.1 Å². The third kappa shape index (κ3) is 3.82. The van der Waals surface area contributed by atoms with E-state index in [-0.39, 0.29) is 0 Å². The first kappa shape index (κ1) is 14.1. The largest absolute Gasteiger partial charge is 0.388 e. The van der Waals surface area contributed by atoms with Crippen LogP contribution in [0.15, 0.2) is 47.6 Å². The summed E-state index contributed by atoms with van der Waals surface area (Å²) in [4.78, 5) is 4.47. The lowest BCUT2D eigenvalue weighted by atomic mass is 10.1. The van der Waals surface area contributed by atoms with E-state index in [0.29, 0.717) is 0 Å². The van der Waals surface area contributed by atoms with E-state index in [2.05, 4.69) is 29.2 Å². The van der Waals surface area contributed by atoms with E-state index in [0.717, 1.165) is 28.3 Å². The normalized spacial score (nSPS) is 12.4. The molecule has 0 unspecified atom stereocenters. The number of aliphatic hydroxyl groups is 1.